The molecular weight excluding hydrogens is 318 g/mol. The molecule has 3 rings (SSSR count). The Morgan fingerprint density at radius 3 is 3.00 bits per heavy atom. The minimum absolute atomic E-state index is 0.132. The molecule has 128 valence electrons. The van der Waals surface area contributed by atoms with Crippen LogP contribution in [0.4, 0.5) is 14.5 Å². The molecule has 0 aromatic carbocycles. The van der Waals surface area contributed by atoms with E-state index in [0.717, 1.165) is 17.6 Å². The van der Waals surface area contributed by atoms with Gasteiger partial charge in [0.25, 0.3) is 0 Å². The lowest BCUT2D eigenvalue weighted by Crippen LogP contribution is -2.34. The summed E-state index contributed by atoms with van der Waals surface area (Å²) in [5.74, 6) is -0.439. The van der Waals surface area contributed by atoms with Crippen molar-refractivity contribution in [2.24, 2.45) is 5.92 Å². The molecule has 0 radical (unpaired) electrons. The van der Waals surface area contributed by atoms with E-state index in [4.69, 9.17) is 0 Å². The molecule has 1 amide bonds. The van der Waals surface area contributed by atoms with E-state index < -0.39 is 6.55 Å². The van der Waals surface area contributed by atoms with Gasteiger partial charge < -0.3 is 5.32 Å². The third-order valence-electron chi connectivity index (χ3n) is 4.29. The van der Waals surface area contributed by atoms with Crippen molar-refractivity contribution in [2.45, 2.75) is 39.2 Å². The summed E-state index contributed by atoms with van der Waals surface area (Å²) >= 11 is 0. The van der Waals surface area contributed by atoms with Crippen LogP contribution in [0.15, 0.2) is 24.5 Å². The number of hydrogen-bond acceptors (Lipinski definition) is 3. The Hall–Kier alpha value is -2.51. The zero-order valence-corrected chi connectivity index (χ0v) is 13.2. The number of carbonyl (C=O) groups excluding carboxylic acids is 1. The van der Waals surface area contributed by atoms with Gasteiger partial charge in [-0.2, -0.15) is 13.9 Å². The first kappa shape index (κ1) is 16.4. The summed E-state index contributed by atoms with van der Waals surface area (Å²) in [4.78, 5) is 12.3. The predicted molar refractivity (Wildman–Crippen MR) is 81.6 cm³/mol. The minimum Gasteiger partial charge on any atom is -0.323 e. The van der Waals surface area contributed by atoms with Crippen molar-refractivity contribution in [1.82, 2.24) is 9.78 Å². The van der Waals surface area contributed by atoms with Gasteiger partial charge in [0.1, 0.15) is 0 Å². The number of carbonyl (C=O) groups is 1. The van der Waals surface area contributed by atoms with Crippen LogP contribution in [0.25, 0.3) is 11.3 Å². The molecule has 24 heavy (non-hydrogen) atoms. The van der Waals surface area contributed by atoms with Gasteiger partial charge in [-0.15, -0.1) is 0 Å². The van der Waals surface area contributed by atoms with E-state index in [9.17, 15) is 18.8 Å². The quantitative estimate of drug-likeness (QED) is 0.621. The Kier molecular flexibility index (Phi) is 4.46. The number of fused-ring (bicyclic) bond motifs is 4. The fraction of sp³-hybridized carbons (Fsp3) is 0.438. The van der Waals surface area contributed by atoms with Gasteiger partial charge in [0, 0.05) is 34.8 Å². The molecule has 2 aromatic rings. The van der Waals surface area contributed by atoms with Crippen LogP contribution >= 0.6 is 0 Å². The van der Waals surface area contributed by atoms with E-state index >= 15 is 0 Å². The Labute approximate surface area is 137 Å². The lowest BCUT2D eigenvalue weighted by atomic mass is 10.00. The van der Waals surface area contributed by atoms with Crippen LogP contribution in [0.1, 0.15) is 38.4 Å². The molecule has 6 nitrogen and oxygen atoms in total. The van der Waals surface area contributed by atoms with Gasteiger partial charge in [-0.05, 0) is 12.8 Å². The third-order valence-corrected chi connectivity index (χ3v) is 4.29. The molecule has 2 aromatic heterocycles. The third kappa shape index (κ3) is 3.08. The molecule has 0 saturated heterocycles. The zero-order valence-electron chi connectivity index (χ0n) is 13.2. The molecule has 0 aliphatic carbocycles. The average molecular weight is 337 g/mol. The summed E-state index contributed by atoms with van der Waals surface area (Å²) in [6.45, 7) is -1.02. The van der Waals surface area contributed by atoms with Gasteiger partial charge in [0.15, 0.2) is 0 Å². The maximum Gasteiger partial charge on any atom is 0.333 e. The number of nitrogens with one attached hydrogen (secondary N) is 1. The summed E-state index contributed by atoms with van der Waals surface area (Å²) in [5, 5.41) is 16.3. The van der Waals surface area contributed by atoms with Crippen molar-refractivity contribution >= 4 is 11.6 Å². The molecule has 1 unspecified atom stereocenters. The highest BCUT2D eigenvalue weighted by Crippen LogP contribution is 2.32. The SMILES string of the molecule is CC1CCCCc2cc(cc[n+]2O)-c2c(cnn2C(F)F)NC1=O. The van der Waals surface area contributed by atoms with Crippen molar-refractivity contribution in [2.75, 3.05) is 5.32 Å². The lowest BCUT2D eigenvalue weighted by molar-refractivity contribution is -0.909. The predicted octanol–water partition coefficient (Wildman–Crippen LogP) is 2.77. The molecule has 0 spiro atoms. The number of aromatic nitrogens is 3. The summed E-state index contributed by atoms with van der Waals surface area (Å²) in [7, 11) is 0. The molecule has 8 heteroatoms. The van der Waals surface area contributed by atoms with E-state index in [1.807, 2.05) is 6.92 Å². The molecule has 3 heterocycles. The van der Waals surface area contributed by atoms with Crippen LogP contribution in [0, 0.1) is 5.92 Å². The van der Waals surface area contributed by atoms with Gasteiger partial charge >= 0.3 is 6.55 Å². The number of nitrogens with zero attached hydrogens (tertiary/aromatic N) is 3. The summed E-state index contributed by atoms with van der Waals surface area (Å²) in [6, 6.07) is 3.17. The number of hydrogen-bond donors (Lipinski definition) is 2. The van der Waals surface area contributed by atoms with E-state index in [1.54, 1.807) is 6.07 Å². The monoisotopic (exact) mass is 337 g/mol. The molecule has 0 saturated carbocycles. The first-order chi connectivity index (χ1) is 11.5. The zero-order chi connectivity index (χ0) is 17.3. The average Bonchev–Trinajstić information content (AvgIpc) is 2.95. The number of alkyl halides is 2. The van der Waals surface area contributed by atoms with Crippen molar-refractivity contribution < 1.29 is 23.5 Å². The Bertz CT molecular complexity index is 761. The number of aryl methyl sites for hydroxylation is 1. The second-order valence-corrected chi connectivity index (χ2v) is 6.02. The maximum atomic E-state index is 13.3. The molecule has 1 aliphatic rings. The Balaban J connectivity index is 2.15. The van der Waals surface area contributed by atoms with E-state index in [1.165, 1.54) is 18.5 Å². The number of rotatable bonds is 1. The summed E-state index contributed by atoms with van der Waals surface area (Å²) in [5.41, 5.74) is 1.47. The van der Waals surface area contributed by atoms with Crippen LogP contribution in [0.3, 0.4) is 0 Å². The van der Waals surface area contributed by atoms with E-state index in [2.05, 4.69) is 10.4 Å². The number of anilines is 1. The van der Waals surface area contributed by atoms with E-state index in [-0.39, 0.29) is 23.2 Å². The smallest absolute Gasteiger partial charge is 0.323 e. The molecular formula is C16H19F2N4O2+. The fourth-order valence-corrected chi connectivity index (χ4v) is 2.91. The molecule has 0 fully saturated rings. The van der Waals surface area contributed by atoms with E-state index in [0.29, 0.717) is 28.8 Å². The van der Waals surface area contributed by atoms with Crippen molar-refractivity contribution in [3.8, 4) is 11.3 Å². The second-order valence-electron chi connectivity index (χ2n) is 6.02. The van der Waals surface area contributed by atoms with Crippen molar-refractivity contribution in [1.29, 1.82) is 0 Å². The first-order valence-corrected chi connectivity index (χ1v) is 7.88. The standard InChI is InChI=1S/C16H18F2N4O2/c1-10-4-2-3-5-12-8-11(6-7-21(12)24)14-13(20-15(10)23)9-19-22(14)16(17)18/h6-10,16,24H,2-5H2,1H3/p+1. The maximum absolute atomic E-state index is 13.3. The fourth-order valence-electron chi connectivity index (χ4n) is 2.91. The van der Waals surface area contributed by atoms with Crippen LogP contribution in [-0.2, 0) is 11.2 Å². The number of halogens is 2. The highest BCUT2D eigenvalue weighted by molar-refractivity contribution is 5.95. The Morgan fingerprint density at radius 2 is 2.25 bits per heavy atom. The van der Waals surface area contributed by atoms with Crippen LogP contribution < -0.4 is 10.0 Å². The largest absolute Gasteiger partial charge is 0.333 e. The molecule has 1 aliphatic heterocycles. The normalized spacial score (nSPS) is 18.5. The summed E-state index contributed by atoms with van der Waals surface area (Å²) in [6.07, 6.45) is 5.56. The first-order valence-electron chi connectivity index (χ1n) is 7.88. The molecule has 2 N–H and O–H groups in total. The molecule has 1 atom stereocenters. The van der Waals surface area contributed by atoms with Gasteiger partial charge in [-0.3, -0.25) is 10.0 Å². The number of amides is 1. The van der Waals surface area contributed by atoms with Crippen LogP contribution in [0.5, 0.6) is 0 Å². The van der Waals surface area contributed by atoms with Gasteiger partial charge in [0.05, 0.1) is 17.6 Å². The summed E-state index contributed by atoms with van der Waals surface area (Å²) < 4.78 is 28.2. The molecule has 2 bridgehead atoms. The van der Waals surface area contributed by atoms with Crippen molar-refractivity contribution in [3.63, 3.8) is 0 Å². The minimum atomic E-state index is -2.83. The van der Waals surface area contributed by atoms with Gasteiger partial charge in [0.2, 0.25) is 17.8 Å². The highest BCUT2D eigenvalue weighted by atomic mass is 19.3. The van der Waals surface area contributed by atoms with Crippen LogP contribution in [0.2, 0.25) is 0 Å². The topological polar surface area (TPSA) is 71.0 Å². The lowest BCUT2D eigenvalue weighted by Gasteiger charge is -2.14. The van der Waals surface area contributed by atoms with Gasteiger partial charge in [-0.25, -0.2) is 4.68 Å². The van der Waals surface area contributed by atoms with Crippen molar-refractivity contribution in [3.05, 3.63) is 30.2 Å². The van der Waals surface area contributed by atoms with Crippen LogP contribution in [-0.4, -0.2) is 20.9 Å². The highest BCUT2D eigenvalue weighted by Gasteiger charge is 2.24. The van der Waals surface area contributed by atoms with Gasteiger partial charge in [-0.1, -0.05) is 13.3 Å². The number of pyridine rings is 1. The Morgan fingerprint density at radius 1 is 1.46 bits per heavy atom. The second kappa shape index (κ2) is 6.54.